The number of fused-ring (bicyclic) bond motifs is 6. The highest BCUT2D eigenvalue weighted by Crippen LogP contribution is 3.01. The van der Waals surface area contributed by atoms with Gasteiger partial charge in [-0.2, -0.15) is 0 Å². The number of phosphoric ester groups is 1. The number of phosphoric acid groups is 1. The Labute approximate surface area is 396 Å². The first-order chi connectivity index (χ1) is 30.9. The lowest BCUT2D eigenvalue weighted by atomic mass is 9.72. The predicted molar refractivity (Wildman–Crippen MR) is 259 cm³/mol. The third-order valence-electron chi connectivity index (χ3n) is 14.8. The Morgan fingerprint density at radius 3 is 1.78 bits per heavy atom. The van der Waals surface area contributed by atoms with Gasteiger partial charge in [-0.1, -0.05) is 29.8 Å². The van der Waals surface area contributed by atoms with Crippen LogP contribution in [0.5, 0.6) is 11.5 Å². The Morgan fingerprint density at radius 2 is 1.29 bits per heavy atom. The van der Waals surface area contributed by atoms with Crippen molar-refractivity contribution in [3.63, 3.8) is 0 Å². The fourth-order valence-electron chi connectivity index (χ4n) is 11.4. The average Bonchev–Trinajstić information content (AvgIpc) is 3.64. The zero-order valence-electron chi connectivity index (χ0n) is 36.5. The number of carbonyl (C=O) groups is 2. The number of aromatic amines is 2. The highest BCUT2D eigenvalue weighted by Gasteiger charge is 3.01. The molecule has 0 saturated heterocycles. The van der Waals surface area contributed by atoms with E-state index in [1.165, 1.54) is 11.6 Å². The van der Waals surface area contributed by atoms with Gasteiger partial charge in [-0.25, -0.2) is 4.57 Å². The van der Waals surface area contributed by atoms with Crippen LogP contribution in [0.3, 0.4) is 0 Å². The summed E-state index contributed by atoms with van der Waals surface area (Å²) < 4.78 is 29.6. The Morgan fingerprint density at radius 1 is 0.800 bits per heavy atom. The number of H-pyrrole nitrogens is 2. The van der Waals surface area contributed by atoms with Crippen LogP contribution in [0.4, 0.5) is 11.4 Å². The fraction of sp³-hybridized carbons (Fsp3) is 0.435. The van der Waals surface area contributed by atoms with E-state index in [1.54, 1.807) is 11.1 Å². The van der Waals surface area contributed by atoms with Crippen LogP contribution in [-0.4, -0.2) is 104 Å². The van der Waals surface area contributed by atoms with Crippen LogP contribution < -0.4 is 19.1 Å². The van der Waals surface area contributed by atoms with Gasteiger partial charge in [0.2, 0.25) is 11.8 Å². The number of nitrogens with zero attached hydrogens (tertiary/aromatic N) is 4. The van der Waals surface area contributed by atoms with E-state index in [9.17, 15) is 19.1 Å². The first-order valence-electron chi connectivity index (χ1n) is 21.5. The minimum absolute atomic E-state index is 0.0171. The summed E-state index contributed by atoms with van der Waals surface area (Å²) in [6, 6.07) is 11.5. The molecule has 2 aromatic heterocycles. The van der Waals surface area contributed by atoms with Crippen molar-refractivity contribution in [3.8, 4) is 11.5 Å². The van der Waals surface area contributed by atoms with E-state index in [1.807, 2.05) is 86.1 Å². The molecule has 4 N–H and O–H groups in total. The minimum atomic E-state index is -4.93. The first kappa shape index (κ1) is 44.4. The zero-order chi connectivity index (χ0) is 46.1. The molecule has 5 atom stereocenters. The number of halogens is 2. The van der Waals surface area contributed by atoms with Crippen molar-refractivity contribution in [2.45, 2.75) is 58.5 Å². The van der Waals surface area contributed by atoms with E-state index in [2.05, 4.69) is 9.97 Å². The second-order valence-electron chi connectivity index (χ2n) is 18.7. The van der Waals surface area contributed by atoms with Crippen LogP contribution in [0.2, 0.25) is 0 Å². The maximum atomic E-state index is 15.0. The number of benzene rings is 3. The van der Waals surface area contributed by atoms with Crippen LogP contribution in [0.1, 0.15) is 64.5 Å². The van der Waals surface area contributed by atoms with Crippen molar-refractivity contribution in [1.29, 1.82) is 0 Å². The predicted octanol–water partition coefficient (Wildman–Crippen LogP) is 8.28. The third-order valence-corrected chi connectivity index (χ3v) is 16.8. The summed E-state index contributed by atoms with van der Waals surface area (Å²) in [5.41, 5.74) is 6.45. The number of alkyl halides is 2. The van der Waals surface area contributed by atoms with Crippen LogP contribution in [0.25, 0.3) is 21.8 Å². The van der Waals surface area contributed by atoms with Crippen molar-refractivity contribution in [2.75, 3.05) is 61.8 Å². The number of anilines is 2. The molecule has 5 aromatic rings. The van der Waals surface area contributed by atoms with Gasteiger partial charge in [0.05, 0.1) is 33.2 Å². The largest absolute Gasteiger partial charge is 0.524 e. The fourth-order valence-corrected chi connectivity index (χ4v) is 12.7. The molecule has 3 unspecified atom stereocenters. The molecule has 2 amide bonds. The number of ether oxygens (including phenoxy) is 2. The number of thiocarbonyl (C=S) groups is 2. The van der Waals surface area contributed by atoms with Gasteiger partial charge in [-0.05, 0) is 92.3 Å². The number of hydrogen-bond donors (Lipinski definition) is 4. The molecule has 3 aliphatic carbocycles. The van der Waals surface area contributed by atoms with Crippen molar-refractivity contribution >= 4 is 111 Å². The minimum Gasteiger partial charge on any atom is -0.466 e. The topological polar surface area (TPSA) is 164 Å². The van der Waals surface area contributed by atoms with Crippen LogP contribution in [0.15, 0.2) is 48.8 Å². The monoisotopic (exact) mass is 978 g/mol. The summed E-state index contributed by atoms with van der Waals surface area (Å²) in [6.45, 7) is 8.05. The standard InChI is InChI=1S/C46H49Cl2N6O8PS2/c1-24-6-8-27(9-7-24)20-60-42(64)51(4)10-11-52(5)43(65)61-32-12-30-36(34-25(2)16-49-38(32)34)28(14-47)18-53(30)40(55)44-21-45(23-46(44,45)22-44)41(56)54-19-29(15-48)37-31(54)13-33(62-63(57,58)59)39-35(37)26(3)17-50-39/h6-9,12-13,16-17,28-29,49-50H,10-11,14-15,18-23H2,1-5H3,(H2,57,58,59)/t28-,29-,44?,45?,46?/m1/s1. The first-order valence-corrected chi connectivity index (χ1v) is 25.0. The molecule has 14 nitrogen and oxygen atoms in total. The van der Waals surface area contributed by atoms with Crippen LogP contribution in [0, 0.1) is 37.0 Å². The maximum Gasteiger partial charge on any atom is 0.524 e. The summed E-state index contributed by atoms with van der Waals surface area (Å²) in [6.07, 6.45) is 5.26. The van der Waals surface area contributed by atoms with Gasteiger partial charge >= 0.3 is 7.82 Å². The lowest BCUT2D eigenvalue weighted by Gasteiger charge is -2.37. The number of likely N-dealkylation sites (N-methyl/N-ethyl adjacent to an activating group) is 2. The number of hydrogen-bond acceptors (Lipinski definition) is 8. The molecule has 1 spiro atoms. The van der Waals surface area contributed by atoms with Crippen molar-refractivity contribution < 1.29 is 37.9 Å². The summed E-state index contributed by atoms with van der Waals surface area (Å²) >= 11 is 24.6. The van der Waals surface area contributed by atoms with E-state index in [0.717, 1.165) is 49.8 Å². The second-order valence-corrected chi connectivity index (χ2v) is 21.2. The third kappa shape index (κ3) is 6.79. The van der Waals surface area contributed by atoms with Crippen molar-refractivity contribution in [1.82, 2.24) is 19.8 Å². The number of aromatic nitrogens is 2. The molecular weight excluding hydrogens is 931 g/mol. The molecule has 5 aliphatic rings. The molecule has 0 radical (unpaired) electrons. The SMILES string of the molecule is Cc1ccc(COC(=S)N(C)CCN(C)C(=S)Oc2cc3c(c4c(C)c[nH]c24)[C@H](CCl)CN3C(=O)C23CC4(C(=O)N5C[C@@H](CCl)c6c5cc(OP(=O)(O)O)c5[nH]cc(C)c65)CC24C3)cc1. The molecule has 4 heterocycles. The normalized spacial score (nSPS) is 24.5. The smallest absolute Gasteiger partial charge is 0.466 e. The zero-order valence-corrected chi connectivity index (χ0v) is 40.5. The van der Waals surface area contributed by atoms with Gasteiger partial charge in [0.25, 0.3) is 10.3 Å². The lowest BCUT2D eigenvalue weighted by Crippen LogP contribution is -2.49. The quantitative estimate of drug-likeness (QED) is 0.0539. The number of carbonyl (C=O) groups excluding carboxylic acids is 2. The van der Waals surface area contributed by atoms with Gasteiger partial charge in [0, 0.05) is 105 Å². The summed E-state index contributed by atoms with van der Waals surface area (Å²) in [7, 11) is -1.20. The number of nitrogens with one attached hydrogen (secondary N) is 2. The summed E-state index contributed by atoms with van der Waals surface area (Å²) in [5.74, 6) is 0.534. The van der Waals surface area contributed by atoms with Crippen LogP contribution >= 0.6 is 55.5 Å². The highest BCUT2D eigenvalue weighted by atomic mass is 35.5. The van der Waals surface area contributed by atoms with Gasteiger partial charge in [0.1, 0.15) is 6.61 Å². The Hall–Kier alpha value is -4.41. The lowest BCUT2D eigenvalue weighted by molar-refractivity contribution is -0.134. The Bertz CT molecular complexity index is 2920. The van der Waals surface area contributed by atoms with Gasteiger partial charge in [-0.3, -0.25) is 19.4 Å². The van der Waals surface area contributed by atoms with E-state index in [-0.39, 0.29) is 40.5 Å². The van der Waals surface area contributed by atoms with E-state index in [0.29, 0.717) is 80.1 Å². The molecule has 0 bridgehead atoms. The van der Waals surface area contributed by atoms with E-state index < -0.39 is 24.1 Å². The number of aryl methyl sites for hydroxylation is 3. The molecule has 2 aliphatic heterocycles. The molecule has 3 saturated carbocycles. The van der Waals surface area contributed by atoms with Gasteiger partial charge in [-0.15, -0.1) is 23.2 Å². The second kappa shape index (κ2) is 15.6. The Kier molecular flexibility index (Phi) is 10.6. The van der Waals surface area contributed by atoms with Crippen molar-refractivity contribution in [2.24, 2.45) is 16.2 Å². The van der Waals surface area contributed by atoms with Gasteiger partial charge in [0.15, 0.2) is 11.5 Å². The molecule has 342 valence electrons. The van der Waals surface area contributed by atoms with Gasteiger partial charge < -0.3 is 43.6 Å². The average molecular weight is 980 g/mol. The van der Waals surface area contributed by atoms with E-state index >= 15 is 4.79 Å². The maximum absolute atomic E-state index is 15.0. The van der Waals surface area contributed by atoms with Crippen LogP contribution in [-0.2, 0) is 25.5 Å². The molecule has 3 aromatic carbocycles. The molecule has 19 heteroatoms. The molecule has 3 fully saturated rings. The summed E-state index contributed by atoms with van der Waals surface area (Å²) in [4.78, 5) is 63.2. The highest BCUT2D eigenvalue weighted by molar-refractivity contribution is 7.80. The Balaban J connectivity index is 0.867. The summed E-state index contributed by atoms with van der Waals surface area (Å²) in [5, 5.41) is 2.30. The molecule has 65 heavy (non-hydrogen) atoms. The molecular formula is C46H49Cl2N6O8PS2. The van der Waals surface area contributed by atoms with E-state index in [4.69, 9.17) is 61.6 Å². The number of amides is 2. The van der Waals surface area contributed by atoms with Crippen molar-refractivity contribution in [3.05, 3.63) is 82.2 Å². The molecule has 10 rings (SSSR count). The number of rotatable bonds is 12.